The Morgan fingerprint density at radius 3 is 2.42 bits per heavy atom. The second-order valence-electron chi connectivity index (χ2n) is 7.89. The summed E-state index contributed by atoms with van der Waals surface area (Å²) in [5.41, 5.74) is 0.704. The summed E-state index contributed by atoms with van der Waals surface area (Å²) in [4.78, 5) is 15.7. The molecule has 0 unspecified atom stereocenters. The SMILES string of the molecule is O=C(N1CCC(C2OCCO2)CC1)C1(c2cccc(Cl)c2)CCCCC1. The van der Waals surface area contributed by atoms with E-state index >= 15 is 0 Å². The van der Waals surface area contributed by atoms with Gasteiger partial charge in [-0.05, 0) is 43.4 Å². The van der Waals surface area contributed by atoms with Gasteiger partial charge in [-0.15, -0.1) is 0 Å². The summed E-state index contributed by atoms with van der Waals surface area (Å²) >= 11 is 6.26. The molecule has 4 nitrogen and oxygen atoms in total. The molecule has 0 aromatic heterocycles. The van der Waals surface area contributed by atoms with Crippen LogP contribution in [0, 0.1) is 5.92 Å². The molecule has 1 amide bonds. The van der Waals surface area contributed by atoms with E-state index in [-0.39, 0.29) is 6.29 Å². The van der Waals surface area contributed by atoms with E-state index in [4.69, 9.17) is 21.1 Å². The van der Waals surface area contributed by atoms with Crippen LogP contribution in [0.15, 0.2) is 24.3 Å². The third kappa shape index (κ3) is 3.51. The van der Waals surface area contributed by atoms with Crippen molar-refractivity contribution in [1.82, 2.24) is 4.90 Å². The fraction of sp³-hybridized carbons (Fsp3) is 0.667. The second-order valence-corrected chi connectivity index (χ2v) is 8.33. The standard InChI is InChI=1S/C21H28ClNO3/c22-18-6-4-5-17(15-18)21(9-2-1-3-10-21)20(24)23-11-7-16(8-12-23)19-25-13-14-26-19/h4-6,15-16,19H,1-3,7-14H2. The van der Waals surface area contributed by atoms with Crippen LogP contribution >= 0.6 is 11.6 Å². The maximum atomic E-state index is 13.6. The molecule has 1 aliphatic carbocycles. The summed E-state index contributed by atoms with van der Waals surface area (Å²) in [7, 11) is 0. The molecule has 4 rings (SSSR count). The monoisotopic (exact) mass is 377 g/mol. The van der Waals surface area contributed by atoms with Crippen LogP contribution in [0.1, 0.15) is 50.5 Å². The van der Waals surface area contributed by atoms with Gasteiger partial charge in [-0.25, -0.2) is 0 Å². The van der Waals surface area contributed by atoms with E-state index in [1.807, 2.05) is 18.2 Å². The topological polar surface area (TPSA) is 38.8 Å². The van der Waals surface area contributed by atoms with E-state index in [2.05, 4.69) is 11.0 Å². The predicted molar refractivity (Wildman–Crippen MR) is 101 cm³/mol. The number of carbonyl (C=O) groups excluding carboxylic acids is 1. The van der Waals surface area contributed by atoms with E-state index in [9.17, 15) is 4.79 Å². The van der Waals surface area contributed by atoms with Crippen LogP contribution in [0.2, 0.25) is 5.02 Å². The van der Waals surface area contributed by atoms with Gasteiger partial charge in [0.15, 0.2) is 6.29 Å². The molecule has 0 radical (unpaired) electrons. The normalized spacial score (nSPS) is 24.7. The maximum absolute atomic E-state index is 13.6. The van der Waals surface area contributed by atoms with Crippen LogP contribution in [0.4, 0.5) is 0 Å². The van der Waals surface area contributed by atoms with E-state index in [1.54, 1.807) is 0 Å². The maximum Gasteiger partial charge on any atom is 0.233 e. The van der Waals surface area contributed by atoms with Crippen LogP contribution in [0.25, 0.3) is 0 Å². The Balaban J connectivity index is 1.50. The largest absolute Gasteiger partial charge is 0.350 e. The Morgan fingerprint density at radius 2 is 1.77 bits per heavy atom. The molecule has 0 bridgehead atoms. The molecule has 2 aliphatic heterocycles. The average Bonchev–Trinajstić information content (AvgIpc) is 3.23. The lowest BCUT2D eigenvalue weighted by molar-refractivity contribution is -0.144. The van der Waals surface area contributed by atoms with Crippen molar-refractivity contribution in [2.75, 3.05) is 26.3 Å². The minimum absolute atomic E-state index is 0.0659. The van der Waals surface area contributed by atoms with Crippen molar-refractivity contribution >= 4 is 17.5 Å². The Labute approximate surface area is 160 Å². The molecular weight excluding hydrogens is 350 g/mol. The van der Waals surface area contributed by atoms with Crippen LogP contribution in [-0.2, 0) is 19.7 Å². The molecule has 2 saturated heterocycles. The van der Waals surface area contributed by atoms with Gasteiger partial charge in [0.1, 0.15) is 0 Å². The molecule has 3 fully saturated rings. The first-order valence-corrected chi connectivity index (χ1v) is 10.4. The molecule has 142 valence electrons. The first kappa shape index (κ1) is 18.3. The third-order valence-corrected chi connectivity index (χ3v) is 6.59. The number of carbonyl (C=O) groups is 1. The number of likely N-dealkylation sites (tertiary alicyclic amines) is 1. The molecule has 1 saturated carbocycles. The Morgan fingerprint density at radius 1 is 1.08 bits per heavy atom. The van der Waals surface area contributed by atoms with Gasteiger partial charge in [-0.1, -0.05) is 43.0 Å². The molecule has 5 heteroatoms. The number of ether oxygens (including phenoxy) is 2. The van der Waals surface area contributed by atoms with Crippen molar-refractivity contribution in [3.8, 4) is 0 Å². The lowest BCUT2D eigenvalue weighted by atomic mass is 9.68. The summed E-state index contributed by atoms with van der Waals surface area (Å²) in [6.07, 6.45) is 7.15. The molecule has 3 aliphatic rings. The summed E-state index contributed by atoms with van der Waals surface area (Å²) < 4.78 is 11.3. The number of benzene rings is 1. The van der Waals surface area contributed by atoms with Crippen molar-refractivity contribution < 1.29 is 14.3 Å². The van der Waals surface area contributed by atoms with E-state index in [1.165, 1.54) is 6.42 Å². The van der Waals surface area contributed by atoms with E-state index in [0.717, 1.165) is 62.2 Å². The molecular formula is C21H28ClNO3. The molecule has 1 aromatic carbocycles. The first-order valence-electron chi connectivity index (χ1n) is 9.98. The minimum Gasteiger partial charge on any atom is -0.350 e. The zero-order chi connectivity index (χ0) is 18.0. The Bertz CT molecular complexity index is 630. The zero-order valence-corrected chi connectivity index (χ0v) is 16.0. The number of amides is 1. The summed E-state index contributed by atoms with van der Waals surface area (Å²) in [5, 5.41) is 0.717. The number of hydrogen-bond donors (Lipinski definition) is 0. The van der Waals surface area contributed by atoms with Crippen LogP contribution in [0.5, 0.6) is 0 Å². The lowest BCUT2D eigenvalue weighted by Gasteiger charge is -2.43. The number of rotatable bonds is 3. The summed E-state index contributed by atoms with van der Waals surface area (Å²) in [5.74, 6) is 0.709. The average molecular weight is 378 g/mol. The highest BCUT2D eigenvalue weighted by Crippen LogP contribution is 2.42. The quantitative estimate of drug-likeness (QED) is 0.794. The van der Waals surface area contributed by atoms with Gasteiger partial charge in [0.25, 0.3) is 0 Å². The Kier molecular flexibility index (Phi) is 5.53. The van der Waals surface area contributed by atoms with E-state index < -0.39 is 5.41 Å². The van der Waals surface area contributed by atoms with Gasteiger partial charge in [0.05, 0.1) is 18.6 Å². The van der Waals surface area contributed by atoms with Gasteiger partial charge in [-0.3, -0.25) is 4.79 Å². The van der Waals surface area contributed by atoms with Gasteiger partial charge in [0.2, 0.25) is 5.91 Å². The second kappa shape index (κ2) is 7.87. The highest BCUT2D eigenvalue weighted by Gasteiger charge is 2.44. The smallest absolute Gasteiger partial charge is 0.233 e. The fourth-order valence-corrected chi connectivity index (χ4v) is 5.08. The highest BCUT2D eigenvalue weighted by atomic mass is 35.5. The van der Waals surface area contributed by atoms with Crippen molar-refractivity contribution in [3.05, 3.63) is 34.9 Å². The molecule has 1 aromatic rings. The van der Waals surface area contributed by atoms with Crippen molar-refractivity contribution in [2.24, 2.45) is 5.92 Å². The number of hydrogen-bond acceptors (Lipinski definition) is 3. The molecule has 26 heavy (non-hydrogen) atoms. The number of piperidine rings is 1. The molecule has 0 spiro atoms. The summed E-state index contributed by atoms with van der Waals surface area (Å²) in [6, 6.07) is 7.95. The highest BCUT2D eigenvalue weighted by molar-refractivity contribution is 6.30. The Hall–Kier alpha value is -1.10. The third-order valence-electron chi connectivity index (χ3n) is 6.35. The van der Waals surface area contributed by atoms with Crippen LogP contribution in [0.3, 0.4) is 0 Å². The zero-order valence-electron chi connectivity index (χ0n) is 15.3. The van der Waals surface area contributed by atoms with Crippen molar-refractivity contribution in [3.63, 3.8) is 0 Å². The minimum atomic E-state index is -0.393. The molecule has 2 heterocycles. The van der Waals surface area contributed by atoms with Gasteiger partial charge < -0.3 is 14.4 Å². The van der Waals surface area contributed by atoms with Crippen LogP contribution < -0.4 is 0 Å². The fourth-order valence-electron chi connectivity index (χ4n) is 4.89. The van der Waals surface area contributed by atoms with Crippen molar-refractivity contribution in [1.29, 1.82) is 0 Å². The molecule has 0 N–H and O–H groups in total. The van der Waals surface area contributed by atoms with Gasteiger partial charge in [0, 0.05) is 24.0 Å². The van der Waals surface area contributed by atoms with E-state index in [0.29, 0.717) is 25.0 Å². The van der Waals surface area contributed by atoms with Gasteiger partial charge in [-0.2, -0.15) is 0 Å². The van der Waals surface area contributed by atoms with Gasteiger partial charge >= 0.3 is 0 Å². The summed E-state index contributed by atoms with van der Waals surface area (Å²) in [6.45, 7) is 2.99. The molecule has 0 atom stereocenters. The first-order chi connectivity index (χ1) is 12.7. The van der Waals surface area contributed by atoms with Crippen molar-refractivity contribution in [2.45, 2.75) is 56.7 Å². The number of nitrogens with zero attached hydrogens (tertiary/aromatic N) is 1. The van der Waals surface area contributed by atoms with Crippen LogP contribution in [-0.4, -0.2) is 43.4 Å². The predicted octanol–water partition coefficient (Wildman–Crippen LogP) is 4.15. The lowest BCUT2D eigenvalue weighted by Crippen LogP contribution is -2.51. The number of halogens is 1.